The number of hydrogen-bond acceptors (Lipinski definition) is 4. The van der Waals surface area contributed by atoms with E-state index in [1.54, 1.807) is 0 Å². The molecule has 1 fully saturated rings. The number of aliphatic hydroxyl groups is 1. The van der Waals surface area contributed by atoms with Crippen LogP contribution in [-0.2, 0) is 4.79 Å². The second kappa shape index (κ2) is 5.44. The molecule has 0 aromatic rings. The quantitative estimate of drug-likeness (QED) is 0.463. The van der Waals surface area contributed by atoms with Crippen LogP contribution in [0.1, 0.15) is 26.2 Å². The molecule has 5 nitrogen and oxygen atoms in total. The van der Waals surface area contributed by atoms with Crippen LogP contribution in [0.4, 0.5) is 0 Å². The van der Waals surface area contributed by atoms with Crippen LogP contribution in [-0.4, -0.2) is 47.5 Å². The van der Waals surface area contributed by atoms with Crippen molar-refractivity contribution in [1.82, 2.24) is 10.6 Å². The third-order valence-electron chi connectivity index (χ3n) is 2.90. The Morgan fingerprint density at radius 1 is 1.60 bits per heavy atom. The molecule has 88 valence electrons. The summed E-state index contributed by atoms with van der Waals surface area (Å²) in [6, 6.07) is 0.205. The molecule has 15 heavy (non-hydrogen) atoms. The maximum Gasteiger partial charge on any atom is 0.305 e. The molecule has 0 aromatic carbocycles. The Balaban J connectivity index is 2.47. The Bertz CT molecular complexity index is 217. The molecular weight excluding hydrogens is 196 g/mol. The van der Waals surface area contributed by atoms with Gasteiger partial charge in [-0.25, -0.2) is 0 Å². The van der Waals surface area contributed by atoms with Crippen LogP contribution in [0.15, 0.2) is 0 Å². The van der Waals surface area contributed by atoms with E-state index in [2.05, 4.69) is 10.6 Å². The van der Waals surface area contributed by atoms with Crippen LogP contribution in [0.5, 0.6) is 0 Å². The van der Waals surface area contributed by atoms with E-state index in [0.717, 1.165) is 6.42 Å². The van der Waals surface area contributed by atoms with Crippen molar-refractivity contribution < 1.29 is 15.0 Å². The first-order valence-electron chi connectivity index (χ1n) is 5.43. The molecule has 1 unspecified atom stereocenters. The van der Waals surface area contributed by atoms with Crippen molar-refractivity contribution in [2.45, 2.75) is 37.8 Å². The predicted molar refractivity (Wildman–Crippen MR) is 56.8 cm³/mol. The highest BCUT2D eigenvalue weighted by Gasteiger charge is 2.39. The monoisotopic (exact) mass is 216 g/mol. The van der Waals surface area contributed by atoms with Crippen LogP contribution >= 0.6 is 0 Å². The number of aliphatic hydroxyl groups excluding tert-OH is 1. The van der Waals surface area contributed by atoms with Crippen LogP contribution in [0, 0.1) is 0 Å². The summed E-state index contributed by atoms with van der Waals surface area (Å²) in [5, 5.41) is 24.1. The zero-order valence-electron chi connectivity index (χ0n) is 9.12. The molecule has 0 bridgehead atoms. The van der Waals surface area contributed by atoms with Crippen LogP contribution in [0.25, 0.3) is 0 Å². The zero-order chi connectivity index (χ0) is 11.3. The second-order valence-electron chi connectivity index (χ2n) is 4.22. The molecule has 1 aliphatic heterocycles. The van der Waals surface area contributed by atoms with Crippen molar-refractivity contribution >= 4 is 5.97 Å². The third kappa shape index (κ3) is 3.44. The van der Waals surface area contributed by atoms with Crippen molar-refractivity contribution in [3.8, 4) is 0 Å². The molecule has 1 atom stereocenters. The molecule has 0 aromatic heterocycles. The summed E-state index contributed by atoms with van der Waals surface area (Å²) < 4.78 is 0. The lowest BCUT2D eigenvalue weighted by Gasteiger charge is -2.44. The fourth-order valence-corrected chi connectivity index (χ4v) is 1.96. The van der Waals surface area contributed by atoms with Gasteiger partial charge in [0.05, 0.1) is 12.0 Å². The number of hydrogen-bond donors (Lipinski definition) is 4. The van der Waals surface area contributed by atoms with E-state index in [1.165, 1.54) is 0 Å². The van der Waals surface area contributed by atoms with Gasteiger partial charge < -0.3 is 20.8 Å². The molecule has 1 heterocycles. The molecule has 0 saturated carbocycles. The molecule has 0 radical (unpaired) electrons. The first kappa shape index (κ1) is 12.4. The highest BCUT2D eigenvalue weighted by molar-refractivity contribution is 5.68. The summed E-state index contributed by atoms with van der Waals surface area (Å²) in [6.07, 6.45) is 1.72. The molecule has 1 aliphatic rings. The number of aliphatic carboxylic acids is 1. The Morgan fingerprint density at radius 2 is 2.27 bits per heavy atom. The fourth-order valence-electron chi connectivity index (χ4n) is 1.96. The highest BCUT2D eigenvalue weighted by atomic mass is 16.4. The Labute approximate surface area is 89.9 Å². The lowest BCUT2D eigenvalue weighted by atomic mass is 9.87. The van der Waals surface area contributed by atoms with E-state index >= 15 is 0 Å². The average molecular weight is 216 g/mol. The maximum atomic E-state index is 10.7. The van der Waals surface area contributed by atoms with E-state index in [9.17, 15) is 4.79 Å². The Morgan fingerprint density at radius 3 is 2.60 bits per heavy atom. The predicted octanol–water partition coefficient (Wildman–Crippen LogP) is -0.446. The SMILES string of the molecule is CCC(CCO)NC1(CC(=O)O)CNC1. The molecule has 0 aliphatic carbocycles. The van der Waals surface area contributed by atoms with Gasteiger partial charge in [0.1, 0.15) is 0 Å². The Kier molecular flexibility index (Phi) is 4.50. The van der Waals surface area contributed by atoms with Gasteiger partial charge in [-0.3, -0.25) is 4.79 Å². The fraction of sp³-hybridized carbons (Fsp3) is 0.900. The summed E-state index contributed by atoms with van der Waals surface area (Å²) in [4.78, 5) is 10.7. The minimum absolute atomic E-state index is 0.141. The third-order valence-corrected chi connectivity index (χ3v) is 2.90. The van der Waals surface area contributed by atoms with Crippen molar-refractivity contribution in [1.29, 1.82) is 0 Å². The molecule has 5 heteroatoms. The van der Waals surface area contributed by atoms with Crippen molar-refractivity contribution in [3.05, 3.63) is 0 Å². The number of rotatable bonds is 7. The van der Waals surface area contributed by atoms with Crippen molar-refractivity contribution in [2.24, 2.45) is 0 Å². The minimum Gasteiger partial charge on any atom is -0.481 e. The van der Waals surface area contributed by atoms with E-state index < -0.39 is 5.97 Å². The normalized spacial score (nSPS) is 20.7. The van der Waals surface area contributed by atoms with Gasteiger partial charge in [0.25, 0.3) is 0 Å². The smallest absolute Gasteiger partial charge is 0.305 e. The van der Waals surface area contributed by atoms with Gasteiger partial charge in [0.2, 0.25) is 0 Å². The van der Waals surface area contributed by atoms with Gasteiger partial charge in [-0.1, -0.05) is 6.92 Å². The van der Waals surface area contributed by atoms with Gasteiger partial charge in [0, 0.05) is 25.7 Å². The molecule has 1 rings (SSSR count). The average Bonchev–Trinajstić information content (AvgIpc) is 2.12. The lowest BCUT2D eigenvalue weighted by molar-refractivity contribution is -0.139. The number of nitrogens with one attached hydrogen (secondary N) is 2. The maximum absolute atomic E-state index is 10.7. The van der Waals surface area contributed by atoms with E-state index in [0.29, 0.717) is 19.5 Å². The molecule has 0 spiro atoms. The first-order chi connectivity index (χ1) is 7.12. The number of carboxylic acid groups (broad SMARTS) is 1. The summed E-state index contributed by atoms with van der Waals surface area (Å²) in [7, 11) is 0. The topological polar surface area (TPSA) is 81.6 Å². The summed E-state index contributed by atoms with van der Waals surface area (Å²) >= 11 is 0. The largest absolute Gasteiger partial charge is 0.481 e. The summed E-state index contributed by atoms with van der Waals surface area (Å²) in [5.74, 6) is -0.775. The van der Waals surface area contributed by atoms with Crippen LogP contribution in [0.2, 0.25) is 0 Å². The molecule has 0 amide bonds. The molecule has 1 saturated heterocycles. The van der Waals surface area contributed by atoms with Crippen LogP contribution < -0.4 is 10.6 Å². The number of carbonyl (C=O) groups is 1. The zero-order valence-corrected chi connectivity index (χ0v) is 9.12. The van der Waals surface area contributed by atoms with Gasteiger partial charge in [-0.15, -0.1) is 0 Å². The summed E-state index contributed by atoms with van der Waals surface area (Å²) in [6.45, 7) is 3.57. The minimum atomic E-state index is -0.775. The van der Waals surface area contributed by atoms with Gasteiger partial charge >= 0.3 is 5.97 Å². The van der Waals surface area contributed by atoms with Crippen molar-refractivity contribution in [2.75, 3.05) is 19.7 Å². The van der Waals surface area contributed by atoms with Gasteiger partial charge in [0.15, 0.2) is 0 Å². The summed E-state index contributed by atoms with van der Waals surface area (Å²) in [5.41, 5.74) is -0.304. The second-order valence-corrected chi connectivity index (χ2v) is 4.22. The lowest BCUT2D eigenvalue weighted by Crippen LogP contribution is -2.70. The Hall–Kier alpha value is -0.650. The first-order valence-corrected chi connectivity index (χ1v) is 5.43. The van der Waals surface area contributed by atoms with E-state index in [4.69, 9.17) is 10.2 Å². The van der Waals surface area contributed by atoms with Gasteiger partial charge in [-0.2, -0.15) is 0 Å². The van der Waals surface area contributed by atoms with E-state index in [1.807, 2.05) is 6.92 Å². The van der Waals surface area contributed by atoms with E-state index in [-0.39, 0.29) is 24.6 Å². The van der Waals surface area contributed by atoms with Crippen molar-refractivity contribution in [3.63, 3.8) is 0 Å². The molecular formula is C10H20N2O3. The highest BCUT2D eigenvalue weighted by Crippen LogP contribution is 2.18. The standard InChI is InChI=1S/C10H20N2O3/c1-2-8(3-4-13)12-10(5-9(14)15)6-11-7-10/h8,11-13H,2-7H2,1H3,(H,14,15). The molecule has 4 N–H and O–H groups in total. The van der Waals surface area contributed by atoms with Gasteiger partial charge in [-0.05, 0) is 12.8 Å². The van der Waals surface area contributed by atoms with Crippen LogP contribution in [0.3, 0.4) is 0 Å². The number of carboxylic acids is 1.